The zero-order valence-corrected chi connectivity index (χ0v) is 18.1. The van der Waals surface area contributed by atoms with Crippen molar-refractivity contribution in [3.8, 4) is 0 Å². The molecule has 0 aromatic carbocycles. The summed E-state index contributed by atoms with van der Waals surface area (Å²) in [6.07, 6.45) is 7.01. The van der Waals surface area contributed by atoms with Gasteiger partial charge in [-0.25, -0.2) is 0 Å². The molecule has 0 saturated carbocycles. The number of hydrogen-bond donors (Lipinski definition) is 3. The van der Waals surface area contributed by atoms with E-state index in [0.717, 1.165) is 38.5 Å². The predicted octanol–water partition coefficient (Wildman–Crippen LogP) is 4.73. The van der Waals surface area contributed by atoms with E-state index in [1.807, 2.05) is 13.8 Å². The van der Waals surface area contributed by atoms with Crippen LogP contribution >= 0.6 is 0 Å². The van der Waals surface area contributed by atoms with Crippen LogP contribution in [0.3, 0.4) is 0 Å². The molecule has 0 fully saturated rings. The molecule has 0 aliphatic rings. The highest BCUT2D eigenvalue weighted by Gasteiger charge is 2.22. The molecule has 0 heterocycles. The van der Waals surface area contributed by atoms with Crippen LogP contribution in [-0.2, 0) is 9.59 Å². The second kappa shape index (κ2) is 12.5. The number of Topliss-reactive ketones (excluding diaryl/α,β-unsaturated/α-hetero) is 1. The first-order valence-corrected chi connectivity index (χ1v) is 10.4. The zero-order valence-electron chi connectivity index (χ0n) is 18.1. The van der Waals surface area contributed by atoms with Crippen LogP contribution in [-0.4, -0.2) is 39.3 Å². The lowest BCUT2D eigenvalue weighted by Gasteiger charge is -2.24. The second-order valence-electron chi connectivity index (χ2n) is 9.80. The van der Waals surface area contributed by atoms with Crippen molar-refractivity contribution in [2.75, 3.05) is 0 Å². The molecule has 5 nitrogen and oxygen atoms in total. The first-order chi connectivity index (χ1) is 12.3. The number of aliphatic hydroxyl groups is 2. The first kappa shape index (κ1) is 26.1. The molecule has 0 rings (SSSR count). The highest BCUT2D eigenvalue weighted by molar-refractivity contribution is 5.76. The Morgan fingerprint density at radius 1 is 0.741 bits per heavy atom. The number of aliphatic carboxylic acids is 1. The fourth-order valence-electron chi connectivity index (χ4n) is 3.77. The van der Waals surface area contributed by atoms with Crippen LogP contribution in [0.15, 0.2) is 0 Å². The van der Waals surface area contributed by atoms with Gasteiger partial charge in [0.2, 0.25) is 0 Å². The Kier molecular flexibility index (Phi) is 12.1. The summed E-state index contributed by atoms with van der Waals surface area (Å²) in [4.78, 5) is 22.0. The van der Waals surface area contributed by atoms with E-state index in [0.29, 0.717) is 25.7 Å². The highest BCUT2D eigenvalue weighted by Crippen LogP contribution is 2.29. The molecule has 3 N–H and O–H groups in total. The SMILES string of the molecule is CC(=O)CC(C)(C)CCCC(O)CCCC(O)CCCC(C)(C)CC(=O)O. The average molecular weight is 387 g/mol. The molecule has 0 radical (unpaired) electrons. The molecule has 0 aromatic heterocycles. The molecule has 0 aliphatic carbocycles. The third kappa shape index (κ3) is 15.8. The van der Waals surface area contributed by atoms with Gasteiger partial charge in [-0.2, -0.15) is 0 Å². The van der Waals surface area contributed by atoms with Crippen molar-refractivity contribution in [2.24, 2.45) is 10.8 Å². The molecule has 2 atom stereocenters. The fraction of sp³-hybridized carbons (Fsp3) is 0.909. The van der Waals surface area contributed by atoms with Crippen molar-refractivity contribution >= 4 is 11.8 Å². The van der Waals surface area contributed by atoms with Crippen LogP contribution in [0.4, 0.5) is 0 Å². The van der Waals surface area contributed by atoms with Crippen molar-refractivity contribution in [3.05, 3.63) is 0 Å². The van der Waals surface area contributed by atoms with Gasteiger partial charge in [-0.05, 0) is 62.7 Å². The van der Waals surface area contributed by atoms with E-state index in [1.54, 1.807) is 6.92 Å². The van der Waals surface area contributed by atoms with Gasteiger partial charge >= 0.3 is 5.97 Å². The summed E-state index contributed by atoms with van der Waals surface area (Å²) < 4.78 is 0. The van der Waals surface area contributed by atoms with Gasteiger partial charge < -0.3 is 20.1 Å². The summed E-state index contributed by atoms with van der Waals surface area (Å²) in [6.45, 7) is 9.70. The number of hydrogen-bond acceptors (Lipinski definition) is 4. The number of carbonyl (C=O) groups is 2. The van der Waals surface area contributed by atoms with Gasteiger partial charge in [0.1, 0.15) is 5.78 Å². The molecular weight excluding hydrogens is 344 g/mol. The molecule has 0 saturated heterocycles. The quantitative estimate of drug-likeness (QED) is 0.356. The maximum atomic E-state index is 11.2. The number of carboxylic acids is 1. The minimum Gasteiger partial charge on any atom is -0.481 e. The Bertz CT molecular complexity index is 402. The van der Waals surface area contributed by atoms with Crippen LogP contribution in [0.25, 0.3) is 0 Å². The van der Waals surface area contributed by atoms with E-state index in [1.165, 1.54) is 0 Å². The van der Waals surface area contributed by atoms with Crippen molar-refractivity contribution in [3.63, 3.8) is 0 Å². The third-order valence-corrected chi connectivity index (χ3v) is 5.21. The molecule has 0 aromatic rings. The molecule has 0 amide bonds. The maximum absolute atomic E-state index is 11.2. The number of rotatable bonds is 16. The van der Waals surface area contributed by atoms with Gasteiger partial charge in [-0.1, -0.05) is 40.5 Å². The van der Waals surface area contributed by atoms with Crippen LogP contribution in [0.1, 0.15) is 105 Å². The van der Waals surface area contributed by atoms with Gasteiger partial charge in [0, 0.05) is 6.42 Å². The standard InChI is InChI=1S/C22H42O5/c1-17(23)15-21(2,3)13-7-11-18(24)9-6-10-19(25)12-8-14-22(4,5)16-20(26)27/h18-19,24-25H,6-16H2,1-5H3,(H,26,27). The van der Waals surface area contributed by atoms with E-state index >= 15 is 0 Å². The van der Waals surface area contributed by atoms with Crippen LogP contribution in [0, 0.1) is 10.8 Å². The number of ketones is 1. The van der Waals surface area contributed by atoms with Crippen LogP contribution < -0.4 is 0 Å². The van der Waals surface area contributed by atoms with Crippen LogP contribution in [0.2, 0.25) is 0 Å². The average Bonchev–Trinajstić information content (AvgIpc) is 2.43. The molecule has 0 bridgehead atoms. The molecule has 2 unspecified atom stereocenters. The maximum Gasteiger partial charge on any atom is 0.303 e. The highest BCUT2D eigenvalue weighted by atomic mass is 16.4. The van der Waals surface area contributed by atoms with Gasteiger partial charge in [0.05, 0.1) is 18.6 Å². The summed E-state index contributed by atoms with van der Waals surface area (Å²) in [5, 5.41) is 29.1. The molecular formula is C22H42O5. The van der Waals surface area contributed by atoms with Crippen molar-refractivity contribution in [2.45, 2.75) is 117 Å². The van der Waals surface area contributed by atoms with E-state index in [4.69, 9.17) is 5.11 Å². The molecule has 5 heteroatoms. The number of aliphatic hydroxyl groups excluding tert-OH is 2. The monoisotopic (exact) mass is 386 g/mol. The molecule has 0 spiro atoms. The van der Waals surface area contributed by atoms with Gasteiger partial charge in [0.25, 0.3) is 0 Å². The smallest absolute Gasteiger partial charge is 0.303 e. The predicted molar refractivity (Wildman–Crippen MR) is 109 cm³/mol. The Morgan fingerprint density at radius 2 is 1.11 bits per heavy atom. The topological polar surface area (TPSA) is 94.8 Å². The minimum atomic E-state index is -0.779. The lowest BCUT2D eigenvalue weighted by atomic mass is 9.82. The molecule has 27 heavy (non-hydrogen) atoms. The summed E-state index contributed by atoms with van der Waals surface area (Å²) >= 11 is 0. The van der Waals surface area contributed by atoms with E-state index in [9.17, 15) is 19.8 Å². The van der Waals surface area contributed by atoms with Gasteiger partial charge in [-0.3, -0.25) is 4.79 Å². The summed E-state index contributed by atoms with van der Waals surface area (Å²) in [5.41, 5.74) is -0.242. The number of carboxylic acid groups (broad SMARTS) is 1. The van der Waals surface area contributed by atoms with Gasteiger partial charge in [0.15, 0.2) is 0 Å². The first-order valence-electron chi connectivity index (χ1n) is 10.4. The van der Waals surface area contributed by atoms with Crippen molar-refractivity contribution < 1.29 is 24.9 Å². The van der Waals surface area contributed by atoms with E-state index in [2.05, 4.69) is 13.8 Å². The Balaban J connectivity index is 3.83. The lowest BCUT2D eigenvalue weighted by Crippen LogP contribution is -2.18. The van der Waals surface area contributed by atoms with Crippen molar-refractivity contribution in [1.29, 1.82) is 0 Å². The third-order valence-electron chi connectivity index (χ3n) is 5.21. The summed E-state index contributed by atoms with van der Waals surface area (Å²) in [6, 6.07) is 0. The van der Waals surface area contributed by atoms with E-state index in [-0.39, 0.29) is 35.2 Å². The van der Waals surface area contributed by atoms with E-state index < -0.39 is 5.97 Å². The lowest BCUT2D eigenvalue weighted by molar-refractivity contribution is -0.139. The second-order valence-corrected chi connectivity index (χ2v) is 9.80. The number of carbonyl (C=O) groups excluding carboxylic acids is 1. The Morgan fingerprint density at radius 3 is 1.48 bits per heavy atom. The van der Waals surface area contributed by atoms with Gasteiger partial charge in [-0.15, -0.1) is 0 Å². The largest absolute Gasteiger partial charge is 0.481 e. The van der Waals surface area contributed by atoms with Crippen LogP contribution in [0.5, 0.6) is 0 Å². The summed E-state index contributed by atoms with van der Waals surface area (Å²) in [5.74, 6) is -0.569. The fourth-order valence-corrected chi connectivity index (χ4v) is 3.77. The minimum absolute atomic E-state index is 0.00381. The van der Waals surface area contributed by atoms with Crippen molar-refractivity contribution in [1.82, 2.24) is 0 Å². The summed E-state index contributed by atoms with van der Waals surface area (Å²) in [7, 11) is 0. The zero-order chi connectivity index (χ0) is 21.1. The normalized spacial score (nSPS) is 14.8. The Labute approximate surface area is 165 Å². The molecule has 0 aliphatic heterocycles. The Hall–Kier alpha value is -0.940. The molecule has 160 valence electrons.